The molecule has 0 aliphatic carbocycles. The summed E-state index contributed by atoms with van der Waals surface area (Å²) in [5.41, 5.74) is 0.292. The standard InChI is InChI=1S/C13H15NO5S/c1-8-11(14(17)18)5-9(13(15)16)6-12(8)20-7-10-3-2-4-19-10/h5-6,10H,2-4,7H2,1H3,(H,15,16). The summed E-state index contributed by atoms with van der Waals surface area (Å²) in [6.45, 7) is 2.39. The number of thioether (sulfide) groups is 1. The Kier molecular flexibility index (Phi) is 4.61. The summed E-state index contributed by atoms with van der Waals surface area (Å²) < 4.78 is 5.50. The number of hydrogen-bond acceptors (Lipinski definition) is 5. The van der Waals surface area contributed by atoms with Gasteiger partial charge in [-0.25, -0.2) is 4.79 Å². The van der Waals surface area contributed by atoms with Crippen molar-refractivity contribution in [2.24, 2.45) is 0 Å². The maximum absolute atomic E-state index is 11.0. The number of carboxylic acid groups (broad SMARTS) is 1. The van der Waals surface area contributed by atoms with Crippen LogP contribution in [-0.4, -0.2) is 34.5 Å². The Morgan fingerprint density at radius 2 is 2.35 bits per heavy atom. The molecule has 1 aliphatic rings. The molecule has 0 bridgehead atoms. The average Bonchev–Trinajstić information content (AvgIpc) is 2.90. The number of ether oxygens (including phenoxy) is 1. The zero-order valence-electron chi connectivity index (χ0n) is 11.0. The van der Waals surface area contributed by atoms with Crippen LogP contribution in [0.2, 0.25) is 0 Å². The van der Waals surface area contributed by atoms with Gasteiger partial charge < -0.3 is 9.84 Å². The van der Waals surface area contributed by atoms with Gasteiger partial charge in [-0.2, -0.15) is 0 Å². The molecule has 1 fully saturated rings. The van der Waals surface area contributed by atoms with Crippen LogP contribution in [-0.2, 0) is 4.74 Å². The van der Waals surface area contributed by atoms with Crippen molar-refractivity contribution in [2.75, 3.05) is 12.4 Å². The first-order valence-electron chi connectivity index (χ1n) is 6.25. The number of carboxylic acids is 1. The smallest absolute Gasteiger partial charge is 0.335 e. The zero-order valence-corrected chi connectivity index (χ0v) is 11.8. The maximum Gasteiger partial charge on any atom is 0.335 e. The SMILES string of the molecule is Cc1c(SCC2CCCO2)cc(C(=O)O)cc1[N+](=O)[O-]. The van der Waals surface area contributed by atoms with E-state index in [1.807, 2.05) is 0 Å². The van der Waals surface area contributed by atoms with Crippen molar-refractivity contribution in [3.8, 4) is 0 Å². The monoisotopic (exact) mass is 297 g/mol. The third-order valence-corrected chi connectivity index (χ3v) is 4.50. The van der Waals surface area contributed by atoms with Crippen LogP contribution in [0, 0.1) is 17.0 Å². The minimum absolute atomic E-state index is 0.0582. The summed E-state index contributed by atoms with van der Waals surface area (Å²) >= 11 is 1.41. The Labute approximate surface area is 120 Å². The molecule has 108 valence electrons. The van der Waals surface area contributed by atoms with Gasteiger partial charge >= 0.3 is 5.97 Å². The van der Waals surface area contributed by atoms with E-state index in [4.69, 9.17) is 9.84 Å². The summed E-state index contributed by atoms with van der Waals surface area (Å²) in [6.07, 6.45) is 2.15. The van der Waals surface area contributed by atoms with E-state index in [9.17, 15) is 14.9 Å². The van der Waals surface area contributed by atoms with E-state index in [1.165, 1.54) is 17.8 Å². The molecular formula is C13H15NO5S. The highest BCUT2D eigenvalue weighted by Gasteiger charge is 2.21. The lowest BCUT2D eigenvalue weighted by atomic mass is 10.1. The predicted octanol–water partition coefficient (Wildman–Crippen LogP) is 2.87. The van der Waals surface area contributed by atoms with Crippen LogP contribution in [0.25, 0.3) is 0 Å². The molecule has 1 saturated heterocycles. The van der Waals surface area contributed by atoms with Crippen LogP contribution >= 0.6 is 11.8 Å². The Hall–Kier alpha value is -1.60. The summed E-state index contributed by atoms with van der Waals surface area (Å²) in [7, 11) is 0. The van der Waals surface area contributed by atoms with E-state index in [2.05, 4.69) is 0 Å². The molecule has 1 aromatic rings. The van der Waals surface area contributed by atoms with Gasteiger partial charge in [0.15, 0.2) is 0 Å². The molecule has 1 heterocycles. The van der Waals surface area contributed by atoms with Crippen molar-refractivity contribution < 1.29 is 19.6 Å². The van der Waals surface area contributed by atoms with Gasteiger partial charge in [0.05, 0.1) is 16.6 Å². The number of rotatable bonds is 5. The van der Waals surface area contributed by atoms with E-state index in [0.717, 1.165) is 25.5 Å². The van der Waals surface area contributed by atoms with Crippen LogP contribution in [0.4, 0.5) is 5.69 Å². The molecule has 2 rings (SSSR count). The van der Waals surface area contributed by atoms with Crippen LogP contribution in [0.15, 0.2) is 17.0 Å². The van der Waals surface area contributed by atoms with E-state index >= 15 is 0 Å². The molecular weight excluding hydrogens is 282 g/mol. The molecule has 0 radical (unpaired) electrons. The van der Waals surface area contributed by atoms with Crippen molar-refractivity contribution in [3.63, 3.8) is 0 Å². The summed E-state index contributed by atoms with van der Waals surface area (Å²) in [5.74, 6) is -0.479. The number of aromatic carboxylic acids is 1. The molecule has 0 saturated carbocycles. The lowest BCUT2D eigenvalue weighted by Gasteiger charge is -2.11. The lowest BCUT2D eigenvalue weighted by molar-refractivity contribution is -0.385. The van der Waals surface area contributed by atoms with Crippen LogP contribution in [0.5, 0.6) is 0 Å². The van der Waals surface area contributed by atoms with Gasteiger partial charge in [-0.15, -0.1) is 11.8 Å². The normalized spacial score (nSPS) is 18.1. The summed E-state index contributed by atoms with van der Waals surface area (Å²) in [6, 6.07) is 2.60. The highest BCUT2D eigenvalue weighted by Crippen LogP contribution is 2.32. The highest BCUT2D eigenvalue weighted by molar-refractivity contribution is 7.99. The number of carbonyl (C=O) groups is 1. The van der Waals surface area contributed by atoms with Crippen molar-refractivity contribution in [1.29, 1.82) is 0 Å². The molecule has 1 aliphatic heterocycles. The van der Waals surface area contributed by atoms with Crippen LogP contribution in [0.3, 0.4) is 0 Å². The van der Waals surface area contributed by atoms with Gasteiger partial charge in [0.1, 0.15) is 0 Å². The first-order valence-corrected chi connectivity index (χ1v) is 7.24. The van der Waals surface area contributed by atoms with E-state index in [0.29, 0.717) is 16.2 Å². The van der Waals surface area contributed by atoms with Gasteiger partial charge in [-0.05, 0) is 25.8 Å². The molecule has 1 atom stereocenters. The number of nitro benzene ring substituents is 1. The maximum atomic E-state index is 11.0. The molecule has 7 heteroatoms. The van der Waals surface area contributed by atoms with Crippen molar-refractivity contribution in [2.45, 2.75) is 30.8 Å². The van der Waals surface area contributed by atoms with E-state index in [1.54, 1.807) is 6.92 Å². The fraction of sp³-hybridized carbons (Fsp3) is 0.462. The minimum atomic E-state index is -1.16. The fourth-order valence-corrected chi connectivity index (χ4v) is 3.25. The first kappa shape index (κ1) is 14.8. The quantitative estimate of drug-likeness (QED) is 0.510. The zero-order chi connectivity index (χ0) is 14.7. The molecule has 0 aromatic heterocycles. The summed E-state index contributed by atoms with van der Waals surface area (Å²) in [5, 5.41) is 20.0. The Bertz CT molecular complexity index is 540. The molecule has 1 unspecified atom stereocenters. The first-order chi connectivity index (χ1) is 9.49. The second-order valence-corrected chi connectivity index (χ2v) is 5.69. The van der Waals surface area contributed by atoms with Gasteiger partial charge in [0.25, 0.3) is 5.69 Å². The number of nitrogens with zero attached hydrogens (tertiary/aromatic N) is 1. The van der Waals surface area contributed by atoms with Crippen molar-refractivity contribution >= 4 is 23.4 Å². The number of benzene rings is 1. The Balaban J connectivity index is 2.25. The van der Waals surface area contributed by atoms with Gasteiger partial charge in [0, 0.05) is 28.9 Å². The highest BCUT2D eigenvalue weighted by atomic mass is 32.2. The molecule has 20 heavy (non-hydrogen) atoms. The largest absolute Gasteiger partial charge is 0.478 e. The fourth-order valence-electron chi connectivity index (χ4n) is 2.09. The second-order valence-electron chi connectivity index (χ2n) is 4.63. The van der Waals surface area contributed by atoms with Crippen molar-refractivity contribution in [3.05, 3.63) is 33.4 Å². The molecule has 1 aromatic carbocycles. The molecule has 0 amide bonds. The van der Waals surface area contributed by atoms with E-state index in [-0.39, 0.29) is 17.4 Å². The third kappa shape index (κ3) is 3.29. The van der Waals surface area contributed by atoms with Gasteiger partial charge in [0.2, 0.25) is 0 Å². The molecule has 6 nitrogen and oxygen atoms in total. The van der Waals surface area contributed by atoms with Gasteiger partial charge in [-0.1, -0.05) is 0 Å². The number of nitro groups is 1. The summed E-state index contributed by atoms with van der Waals surface area (Å²) in [4.78, 5) is 22.1. The lowest BCUT2D eigenvalue weighted by Crippen LogP contribution is -2.08. The predicted molar refractivity (Wildman–Crippen MR) is 74.5 cm³/mol. The number of hydrogen-bond donors (Lipinski definition) is 1. The topological polar surface area (TPSA) is 89.7 Å². The van der Waals surface area contributed by atoms with E-state index < -0.39 is 10.9 Å². The van der Waals surface area contributed by atoms with Gasteiger partial charge in [-0.3, -0.25) is 10.1 Å². The van der Waals surface area contributed by atoms with Crippen LogP contribution < -0.4 is 0 Å². The Morgan fingerprint density at radius 3 is 2.90 bits per heavy atom. The third-order valence-electron chi connectivity index (χ3n) is 3.22. The molecule has 0 spiro atoms. The Morgan fingerprint density at radius 1 is 1.60 bits per heavy atom. The van der Waals surface area contributed by atoms with Crippen molar-refractivity contribution in [1.82, 2.24) is 0 Å². The second kappa shape index (κ2) is 6.23. The molecule has 1 N–H and O–H groups in total. The minimum Gasteiger partial charge on any atom is -0.478 e. The van der Waals surface area contributed by atoms with Crippen LogP contribution in [0.1, 0.15) is 28.8 Å². The average molecular weight is 297 g/mol.